The molecule has 1 aromatic carbocycles. The molecule has 0 unspecified atom stereocenters. The van der Waals surface area contributed by atoms with Gasteiger partial charge >= 0.3 is 0 Å². The van der Waals surface area contributed by atoms with Gasteiger partial charge in [-0.05, 0) is 36.6 Å². The molecule has 0 saturated heterocycles. The predicted molar refractivity (Wildman–Crippen MR) is 90.6 cm³/mol. The number of nitrogens with zero attached hydrogens (tertiary/aromatic N) is 1. The van der Waals surface area contributed by atoms with Crippen molar-refractivity contribution >= 4 is 16.9 Å². The highest BCUT2D eigenvalue weighted by molar-refractivity contribution is 5.83. The van der Waals surface area contributed by atoms with E-state index in [-0.39, 0.29) is 5.82 Å². The van der Waals surface area contributed by atoms with Crippen LogP contribution in [-0.2, 0) is 6.42 Å². The molecule has 22 heavy (non-hydrogen) atoms. The van der Waals surface area contributed by atoms with Gasteiger partial charge in [-0.3, -0.25) is 4.99 Å². The SMILES string of the molecule is CCCCCCN=C(N)NCCc1c[nH]c2ccc(F)cc12. The van der Waals surface area contributed by atoms with Crippen LogP contribution in [0.1, 0.15) is 38.2 Å². The van der Waals surface area contributed by atoms with Crippen molar-refractivity contribution < 1.29 is 4.39 Å². The molecule has 0 aliphatic rings. The van der Waals surface area contributed by atoms with Crippen molar-refractivity contribution in [3.63, 3.8) is 0 Å². The molecule has 0 amide bonds. The van der Waals surface area contributed by atoms with Crippen LogP contribution in [0.2, 0.25) is 0 Å². The summed E-state index contributed by atoms with van der Waals surface area (Å²) >= 11 is 0. The molecule has 1 heterocycles. The van der Waals surface area contributed by atoms with Crippen LogP contribution in [0.25, 0.3) is 10.9 Å². The summed E-state index contributed by atoms with van der Waals surface area (Å²) in [7, 11) is 0. The van der Waals surface area contributed by atoms with Gasteiger partial charge in [0, 0.05) is 30.2 Å². The average molecular weight is 304 g/mol. The standard InChI is InChI=1S/C17H25FN4/c1-2-3-4-5-9-20-17(19)21-10-8-13-12-22-16-7-6-14(18)11-15(13)16/h6-7,11-12,22H,2-5,8-10H2,1H3,(H3,19,20,21). The van der Waals surface area contributed by atoms with Gasteiger partial charge in [-0.15, -0.1) is 0 Å². The van der Waals surface area contributed by atoms with Crippen molar-refractivity contribution in [1.29, 1.82) is 0 Å². The van der Waals surface area contributed by atoms with Crippen LogP contribution < -0.4 is 11.1 Å². The van der Waals surface area contributed by atoms with Crippen molar-refractivity contribution in [2.45, 2.75) is 39.0 Å². The number of unbranched alkanes of at least 4 members (excludes halogenated alkanes) is 3. The molecule has 0 aliphatic carbocycles. The zero-order valence-corrected chi connectivity index (χ0v) is 13.2. The van der Waals surface area contributed by atoms with Crippen LogP contribution in [0, 0.1) is 5.82 Å². The number of fused-ring (bicyclic) bond motifs is 1. The molecule has 0 bridgehead atoms. The van der Waals surface area contributed by atoms with Gasteiger partial charge in [0.15, 0.2) is 5.96 Å². The van der Waals surface area contributed by atoms with E-state index >= 15 is 0 Å². The van der Waals surface area contributed by atoms with Gasteiger partial charge in [0.25, 0.3) is 0 Å². The van der Waals surface area contributed by atoms with E-state index in [4.69, 9.17) is 5.73 Å². The number of nitrogens with two attached hydrogens (primary N) is 1. The van der Waals surface area contributed by atoms with E-state index in [0.717, 1.165) is 35.9 Å². The number of aromatic nitrogens is 1. The Balaban J connectivity index is 1.77. The lowest BCUT2D eigenvalue weighted by molar-refractivity contribution is 0.629. The van der Waals surface area contributed by atoms with Crippen LogP contribution in [0.4, 0.5) is 4.39 Å². The molecule has 120 valence electrons. The van der Waals surface area contributed by atoms with E-state index in [0.29, 0.717) is 12.5 Å². The lowest BCUT2D eigenvalue weighted by atomic mass is 10.1. The number of nitrogens with one attached hydrogen (secondary N) is 2. The summed E-state index contributed by atoms with van der Waals surface area (Å²) in [6.45, 7) is 3.65. The number of hydrogen-bond acceptors (Lipinski definition) is 1. The van der Waals surface area contributed by atoms with Crippen molar-refractivity contribution in [3.8, 4) is 0 Å². The minimum Gasteiger partial charge on any atom is -0.370 e. The van der Waals surface area contributed by atoms with Gasteiger partial charge in [0.1, 0.15) is 5.82 Å². The number of aromatic amines is 1. The van der Waals surface area contributed by atoms with Gasteiger partial charge in [-0.2, -0.15) is 0 Å². The Bertz CT molecular complexity index is 618. The van der Waals surface area contributed by atoms with Crippen LogP contribution in [0.3, 0.4) is 0 Å². The summed E-state index contributed by atoms with van der Waals surface area (Å²) in [6.07, 6.45) is 7.45. The second-order valence-electron chi connectivity index (χ2n) is 5.51. The second kappa shape index (κ2) is 8.41. The Labute approximate surface area is 131 Å². The fraction of sp³-hybridized carbons (Fsp3) is 0.471. The first kappa shape index (κ1) is 16.3. The van der Waals surface area contributed by atoms with Gasteiger partial charge in [0.2, 0.25) is 0 Å². The molecule has 4 nitrogen and oxygen atoms in total. The van der Waals surface area contributed by atoms with E-state index in [2.05, 4.69) is 22.2 Å². The summed E-state index contributed by atoms with van der Waals surface area (Å²) < 4.78 is 13.3. The maximum Gasteiger partial charge on any atom is 0.188 e. The molecule has 2 aromatic rings. The number of aliphatic imine (C=N–C) groups is 1. The molecule has 0 spiro atoms. The third-order valence-electron chi connectivity index (χ3n) is 3.72. The monoisotopic (exact) mass is 304 g/mol. The molecule has 1 aromatic heterocycles. The summed E-state index contributed by atoms with van der Waals surface area (Å²) in [5, 5.41) is 4.04. The summed E-state index contributed by atoms with van der Waals surface area (Å²) in [4.78, 5) is 7.46. The molecule has 0 atom stereocenters. The topological polar surface area (TPSA) is 66.2 Å². The molecule has 4 N–H and O–H groups in total. The quantitative estimate of drug-likeness (QED) is 0.398. The third-order valence-corrected chi connectivity index (χ3v) is 3.72. The fourth-order valence-corrected chi connectivity index (χ4v) is 2.48. The highest BCUT2D eigenvalue weighted by atomic mass is 19.1. The minimum atomic E-state index is -0.213. The number of hydrogen-bond donors (Lipinski definition) is 3. The lowest BCUT2D eigenvalue weighted by Gasteiger charge is -2.05. The van der Waals surface area contributed by atoms with E-state index in [1.807, 2.05) is 6.20 Å². The molecule has 5 heteroatoms. The largest absolute Gasteiger partial charge is 0.370 e. The highest BCUT2D eigenvalue weighted by Gasteiger charge is 2.04. The lowest BCUT2D eigenvalue weighted by Crippen LogP contribution is -2.33. The van der Waals surface area contributed by atoms with Crippen LogP contribution in [0.5, 0.6) is 0 Å². The smallest absolute Gasteiger partial charge is 0.188 e. The minimum absolute atomic E-state index is 0.213. The Morgan fingerprint density at radius 1 is 1.32 bits per heavy atom. The number of halogens is 1. The Morgan fingerprint density at radius 2 is 2.18 bits per heavy atom. The first-order valence-corrected chi connectivity index (χ1v) is 8.00. The van der Waals surface area contributed by atoms with Gasteiger partial charge in [0.05, 0.1) is 0 Å². The normalized spacial score (nSPS) is 12.0. The van der Waals surface area contributed by atoms with E-state index in [1.54, 1.807) is 12.1 Å². The maximum atomic E-state index is 13.3. The number of rotatable bonds is 8. The number of benzene rings is 1. The molecule has 2 rings (SSSR count). The molecule has 0 fully saturated rings. The average Bonchev–Trinajstić information content (AvgIpc) is 2.89. The zero-order valence-electron chi connectivity index (χ0n) is 13.2. The van der Waals surface area contributed by atoms with Crippen LogP contribution in [-0.4, -0.2) is 24.0 Å². The molecule has 0 radical (unpaired) electrons. The van der Waals surface area contributed by atoms with Gasteiger partial charge in [-0.1, -0.05) is 26.2 Å². The van der Waals surface area contributed by atoms with Crippen molar-refractivity contribution in [3.05, 3.63) is 35.8 Å². The number of H-pyrrole nitrogens is 1. The summed E-state index contributed by atoms with van der Waals surface area (Å²) in [5.41, 5.74) is 7.87. The molecule has 0 saturated carbocycles. The fourth-order valence-electron chi connectivity index (χ4n) is 2.48. The second-order valence-corrected chi connectivity index (χ2v) is 5.51. The molecular weight excluding hydrogens is 279 g/mol. The predicted octanol–water partition coefficient (Wildman–Crippen LogP) is 3.33. The number of guanidine groups is 1. The van der Waals surface area contributed by atoms with Gasteiger partial charge in [-0.25, -0.2) is 4.39 Å². The Kier molecular flexibility index (Phi) is 6.25. The van der Waals surface area contributed by atoms with Crippen LogP contribution in [0.15, 0.2) is 29.4 Å². The van der Waals surface area contributed by atoms with Crippen molar-refractivity contribution in [1.82, 2.24) is 10.3 Å². The maximum absolute atomic E-state index is 13.3. The summed E-state index contributed by atoms with van der Waals surface area (Å²) in [5.74, 6) is 0.275. The third kappa shape index (κ3) is 4.76. The van der Waals surface area contributed by atoms with Crippen molar-refractivity contribution in [2.75, 3.05) is 13.1 Å². The highest BCUT2D eigenvalue weighted by Crippen LogP contribution is 2.19. The molecular formula is C17H25FN4. The Hall–Kier alpha value is -2.04. The van der Waals surface area contributed by atoms with Crippen molar-refractivity contribution in [2.24, 2.45) is 10.7 Å². The Morgan fingerprint density at radius 3 is 3.00 bits per heavy atom. The van der Waals surface area contributed by atoms with E-state index < -0.39 is 0 Å². The van der Waals surface area contributed by atoms with E-state index in [1.165, 1.54) is 25.3 Å². The zero-order chi connectivity index (χ0) is 15.8. The summed E-state index contributed by atoms with van der Waals surface area (Å²) in [6, 6.07) is 4.78. The molecule has 0 aliphatic heterocycles. The first-order chi connectivity index (χ1) is 10.7. The van der Waals surface area contributed by atoms with Crippen LogP contribution >= 0.6 is 0 Å². The van der Waals surface area contributed by atoms with Gasteiger partial charge < -0.3 is 16.0 Å². The first-order valence-electron chi connectivity index (χ1n) is 8.00. The van der Waals surface area contributed by atoms with E-state index in [9.17, 15) is 4.39 Å².